The summed E-state index contributed by atoms with van der Waals surface area (Å²) in [7, 11) is -3.57. The second-order valence-electron chi connectivity index (χ2n) is 8.10. The molecule has 4 rings (SSSR count). The van der Waals surface area contributed by atoms with Gasteiger partial charge in [0.05, 0.1) is 21.2 Å². The van der Waals surface area contributed by atoms with Crippen LogP contribution in [0.5, 0.6) is 11.5 Å². The molecule has 1 unspecified atom stereocenters. The summed E-state index contributed by atoms with van der Waals surface area (Å²) < 4.78 is 71.9. The van der Waals surface area contributed by atoms with Crippen molar-refractivity contribution in [1.82, 2.24) is 4.98 Å². The predicted molar refractivity (Wildman–Crippen MR) is 129 cm³/mol. The van der Waals surface area contributed by atoms with Gasteiger partial charge in [-0.1, -0.05) is 30.3 Å². The average molecular weight is 501 g/mol. The Bertz CT molecular complexity index is 1470. The number of sulfone groups is 1. The Balaban J connectivity index is 1.69. The van der Waals surface area contributed by atoms with Gasteiger partial charge in [-0.25, -0.2) is 8.42 Å². The molecular formula is C26H23F3N2O3S. The van der Waals surface area contributed by atoms with Gasteiger partial charge in [-0.2, -0.15) is 13.2 Å². The number of para-hydroxylation sites is 1. The fraction of sp³-hybridized carbons (Fsp3) is 0.192. The number of ether oxygens (including phenoxy) is 1. The molecule has 0 radical (unpaired) electrons. The number of halogens is 3. The molecule has 4 aromatic rings. The molecule has 35 heavy (non-hydrogen) atoms. The van der Waals surface area contributed by atoms with E-state index in [1.165, 1.54) is 24.4 Å². The molecule has 5 nitrogen and oxygen atoms in total. The van der Waals surface area contributed by atoms with Gasteiger partial charge in [0.1, 0.15) is 11.5 Å². The predicted octanol–water partition coefficient (Wildman–Crippen LogP) is 6.22. The minimum Gasteiger partial charge on any atom is -0.457 e. The Hall–Kier alpha value is -3.43. The van der Waals surface area contributed by atoms with Gasteiger partial charge in [0.25, 0.3) is 0 Å². The van der Waals surface area contributed by atoms with Gasteiger partial charge in [-0.05, 0) is 73.5 Å². The molecule has 0 spiro atoms. The van der Waals surface area contributed by atoms with Crippen molar-refractivity contribution >= 4 is 20.7 Å². The summed E-state index contributed by atoms with van der Waals surface area (Å²) in [6.07, 6.45) is -2.84. The van der Waals surface area contributed by atoms with Crippen molar-refractivity contribution in [3.63, 3.8) is 0 Å². The lowest BCUT2D eigenvalue weighted by atomic mass is 9.99. The Kier molecular flexibility index (Phi) is 6.82. The summed E-state index contributed by atoms with van der Waals surface area (Å²) in [5, 5.41) is -0.269. The molecule has 0 amide bonds. The van der Waals surface area contributed by atoms with Crippen LogP contribution >= 0.6 is 0 Å². The molecule has 182 valence electrons. The molecule has 0 saturated carbocycles. The maximum atomic E-state index is 13.5. The average Bonchev–Trinajstić information content (AvgIpc) is 2.83. The maximum absolute atomic E-state index is 13.5. The fourth-order valence-corrected chi connectivity index (χ4v) is 5.32. The summed E-state index contributed by atoms with van der Waals surface area (Å²) in [6, 6.07) is 18.6. The molecule has 1 atom stereocenters. The summed E-state index contributed by atoms with van der Waals surface area (Å²) in [6.45, 7) is 1.87. The van der Waals surface area contributed by atoms with Crippen LogP contribution in [0, 0.1) is 0 Å². The van der Waals surface area contributed by atoms with Gasteiger partial charge in [0.2, 0.25) is 0 Å². The molecule has 0 aliphatic carbocycles. The SMILES string of the molecule is CC(CCN)S(=O)(=O)c1cccc(Oc2cccc(-c3ccnc4c(C(F)(F)F)cccc34)c2)c1. The lowest BCUT2D eigenvalue weighted by molar-refractivity contribution is -0.136. The lowest BCUT2D eigenvalue weighted by Crippen LogP contribution is -2.21. The molecule has 0 aliphatic heterocycles. The molecule has 9 heteroatoms. The van der Waals surface area contributed by atoms with E-state index in [0.717, 1.165) is 6.07 Å². The van der Waals surface area contributed by atoms with Gasteiger partial charge >= 0.3 is 6.18 Å². The summed E-state index contributed by atoms with van der Waals surface area (Å²) >= 11 is 0. The fourth-order valence-electron chi connectivity index (χ4n) is 3.86. The van der Waals surface area contributed by atoms with Crippen LogP contribution in [-0.4, -0.2) is 25.2 Å². The van der Waals surface area contributed by atoms with Crippen molar-refractivity contribution < 1.29 is 26.3 Å². The molecule has 0 saturated heterocycles. The van der Waals surface area contributed by atoms with Crippen LogP contribution < -0.4 is 10.5 Å². The second-order valence-corrected chi connectivity index (χ2v) is 10.5. The Morgan fingerprint density at radius 3 is 2.37 bits per heavy atom. The molecule has 0 bridgehead atoms. The minimum atomic E-state index is -4.52. The third-order valence-electron chi connectivity index (χ3n) is 5.69. The van der Waals surface area contributed by atoms with Gasteiger partial charge in [0.15, 0.2) is 9.84 Å². The van der Waals surface area contributed by atoms with Gasteiger partial charge in [-0.15, -0.1) is 0 Å². The number of rotatable bonds is 7. The number of pyridine rings is 1. The summed E-state index contributed by atoms with van der Waals surface area (Å²) in [4.78, 5) is 4.10. The number of aromatic nitrogens is 1. The van der Waals surface area contributed by atoms with Crippen LogP contribution in [0.3, 0.4) is 0 Å². The Morgan fingerprint density at radius 2 is 1.66 bits per heavy atom. The first kappa shape index (κ1) is 24.7. The van der Waals surface area contributed by atoms with E-state index in [9.17, 15) is 21.6 Å². The van der Waals surface area contributed by atoms with Crippen molar-refractivity contribution in [3.8, 4) is 22.6 Å². The van der Waals surface area contributed by atoms with E-state index < -0.39 is 26.8 Å². The van der Waals surface area contributed by atoms with E-state index in [-0.39, 0.29) is 17.0 Å². The van der Waals surface area contributed by atoms with Crippen LogP contribution in [0.2, 0.25) is 0 Å². The van der Waals surface area contributed by atoms with Crippen LogP contribution in [0.4, 0.5) is 13.2 Å². The number of nitrogens with two attached hydrogens (primary N) is 1. The van der Waals surface area contributed by atoms with E-state index >= 15 is 0 Å². The number of benzene rings is 3. The van der Waals surface area contributed by atoms with Crippen LogP contribution in [0.15, 0.2) is 83.9 Å². The normalized spacial score (nSPS) is 13.1. The molecule has 1 aromatic heterocycles. The monoisotopic (exact) mass is 500 g/mol. The topological polar surface area (TPSA) is 82.3 Å². The maximum Gasteiger partial charge on any atom is 0.418 e. The number of hydrogen-bond acceptors (Lipinski definition) is 5. The largest absolute Gasteiger partial charge is 0.457 e. The molecule has 2 N–H and O–H groups in total. The quantitative estimate of drug-likeness (QED) is 0.326. The second kappa shape index (κ2) is 9.67. The van der Waals surface area contributed by atoms with Gasteiger partial charge < -0.3 is 10.5 Å². The number of fused-ring (bicyclic) bond motifs is 1. The highest BCUT2D eigenvalue weighted by Gasteiger charge is 2.33. The number of hydrogen-bond donors (Lipinski definition) is 1. The van der Waals surface area contributed by atoms with E-state index in [4.69, 9.17) is 10.5 Å². The standard InChI is InChI=1S/C26H23F3N2O3S/c1-17(11-13-30)35(32,33)21-8-3-7-20(16-21)34-19-6-2-5-18(15-19)22-12-14-31-25-23(22)9-4-10-24(25)26(27,28)29/h2-10,12,14-17H,11,13,30H2,1H3. The Morgan fingerprint density at radius 1 is 0.971 bits per heavy atom. The van der Waals surface area contributed by atoms with Crippen LogP contribution in [0.25, 0.3) is 22.0 Å². The molecule has 1 heterocycles. The van der Waals surface area contributed by atoms with E-state index in [2.05, 4.69) is 4.98 Å². The smallest absolute Gasteiger partial charge is 0.418 e. The molecule has 0 aliphatic rings. The number of alkyl halides is 3. The highest BCUT2D eigenvalue weighted by atomic mass is 32.2. The van der Waals surface area contributed by atoms with Crippen molar-refractivity contribution in [2.24, 2.45) is 5.73 Å². The summed E-state index contributed by atoms with van der Waals surface area (Å²) in [5.74, 6) is 0.728. The molecule has 0 fully saturated rings. The van der Waals surface area contributed by atoms with Crippen molar-refractivity contribution in [3.05, 3.63) is 84.6 Å². The summed E-state index contributed by atoms with van der Waals surface area (Å²) in [5.41, 5.74) is 5.78. The van der Waals surface area contributed by atoms with Crippen molar-refractivity contribution in [2.45, 2.75) is 29.7 Å². The lowest BCUT2D eigenvalue weighted by Gasteiger charge is -2.14. The van der Waals surface area contributed by atoms with Crippen molar-refractivity contribution in [2.75, 3.05) is 6.54 Å². The van der Waals surface area contributed by atoms with Crippen LogP contribution in [0.1, 0.15) is 18.9 Å². The molecular weight excluding hydrogens is 477 g/mol. The third-order valence-corrected chi connectivity index (χ3v) is 7.90. The molecule has 3 aromatic carbocycles. The zero-order chi connectivity index (χ0) is 25.2. The zero-order valence-corrected chi connectivity index (χ0v) is 19.6. The highest BCUT2D eigenvalue weighted by molar-refractivity contribution is 7.92. The van der Waals surface area contributed by atoms with E-state index in [0.29, 0.717) is 34.4 Å². The third kappa shape index (κ3) is 5.16. The first-order chi connectivity index (χ1) is 16.6. The van der Waals surface area contributed by atoms with E-state index in [1.54, 1.807) is 55.5 Å². The zero-order valence-electron chi connectivity index (χ0n) is 18.8. The first-order valence-electron chi connectivity index (χ1n) is 10.9. The minimum absolute atomic E-state index is 0.131. The first-order valence-corrected chi connectivity index (χ1v) is 12.4. The van der Waals surface area contributed by atoms with Crippen LogP contribution in [-0.2, 0) is 16.0 Å². The Labute approximate surface area is 201 Å². The van der Waals surface area contributed by atoms with Gasteiger partial charge in [-0.3, -0.25) is 4.98 Å². The number of nitrogens with zero attached hydrogens (tertiary/aromatic N) is 1. The highest BCUT2D eigenvalue weighted by Crippen LogP contribution is 2.38. The van der Waals surface area contributed by atoms with Gasteiger partial charge in [0, 0.05) is 11.6 Å². The van der Waals surface area contributed by atoms with E-state index in [1.807, 2.05) is 0 Å². The van der Waals surface area contributed by atoms with Crippen molar-refractivity contribution in [1.29, 1.82) is 0 Å².